The average Bonchev–Trinajstić information content (AvgIpc) is 2.59. The standard InChI is InChI=1S/C16H16N2O5S/c19-15(12-7-3-1-4-8-12)17-11-14(16(20)21)18-24(22,23)13-9-5-2-6-10-13/h1-10,14,18H,11H2,(H,17,19)(H,20,21). The molecule has 0 fully saturated rings. The quantitative estimate of drug-likeness (QED) is 0.687. The van der Waals surface area contributed by atoms with E-state index in [1.807, 2.05) is 0 Å². The summed E-state index contributed by atoms with van der Waals surface area (Å²) in [6.45, 7) is -0.380. The van der Waals surface area contributed by atoms with E-state index in [2.05, 4.69) is 10.0 Å². The topological polar surface area (TPSA) is 113 Å². The van der Waals surface area contributed by atoms with Crippen LogP contribution in [0.1, 0.15) is 10.4 Å². The van der Waals surface area contributed by atoms with E-state index in [9.17, 15) is 23.1 Å². The van der Waals surface area contributed by atoms with Gasteiger partial charge >= 0.3 is 5.97 Å². The summed E-state index contributed by atoms with van der Waals surface area (Å²) in [5, 5.41) is 11.6. The molecular weight excluding hydrogens is 332 g/mol. The van der Waals surface area contributed by atoms with Gasteiger partial charge in [-0.15, -0.1) is 0 Å². The predicted molar refractivity (Wildman–Crippen MR) is 87.0 cm³/mol. The number of amides is 1. The van der Waals surface area contributed by atoms with Crippen LogP contribution in [0.15, 0.2) is 65.6 Å². The van der Waals surface area contributed by atoms with E-state index in [-0.39, 0.29) is 11.4 Å². The van der Waals surface area contributed by atoms with Crippen molar-refractivity contribution in [1.29, 1.82) is 0 Å². The first-order valence-corrected chi connectivity index (χ1v) is 8.52. The molecule has 0 heterocycles. The zero-order chi connectivity index (χ0) is 17.6. The van der Waals surface area contributed by atoms with E-state index >= 15 is 0 Å². The lowest BCUT2D eigenvalue weighted by Gasteiger charge is -2.15. The Morgan fingerprint density at radius 3 is 2.04 bits per heavy atom. The fourth-order valence-electron chi connectivity index (χ4n) is 1.92. The second-order valence-corrected chi connectivity index (χ2v) is 6.62. The molecule has 0 aromatic heterocycles. The van der Waals surface area contributed by atoms with Crippen molar-refractivity contribution in [2.75, 3.05) is 6.54 Å². The SMILES string of the molecule is O=C(NCC(NS(=O)(=O)c1ccccc1)C(=O)O)c1ccccc1. The summed E-state index contributed by atoms with van der Waals surface area (Å²) in [5.74, 6) is -1.87. The molecule has 0 aliphatic carbocycles. The van der Waals surface area contributed by atoms with Crippen molar-refractivity contribution < 1.29 is 23.1 Å². The molecule has 1 unspecified atom stereocenters. The highest BCUT2D eigenvalue weighted by Gasteiger charge is 2.25. The monoisotopic (exact) mass is 348 g/mol. The summed E-state index contributed by atoms with van der Waals surface area (Å²) in [7, 11) is -4.00. The van der Waals surface area contributed by atoms with Gasteiger partial charge in [0.25, 0.3) is 5.91 Å². The zero-order valence-electron chi connectivity index (χ0n) is 12.5. The lowest BCUT2D eigenvalue weighted by molar-refractivity contribution is -0.138. The maximum Gasteiger partial charge on any atom is 0.323 e. The molecule has 0 saturated heterocycles. The lowest BCUT2D eigenvalue weighted by atomic mass is 10.2. The summed E-state index contributed by atoms with van der Waals surface area (Å²) in [6, 6.07) is 14.1. The summed E-state index contributed by atoms with van der Waals surface area (Å²) in [5.41, 5.74) is 0.354. The number of hydrogen-bond acceptors (Lipinski definition) is 4. The van der Waals surface area contributed by atoms with Gasteiger partial charge in [0.2, 0.25) is 10.0 Å². The Morgan fingerprint density at radius 2 is 1.50 bits per heavy atom. The Balaban J connectivity index is 2.05. The first-order chi connectivity index (χ1) is 11.4. The molecule has 0 aliphatic rings. The van der Waals surface area contributed by atoms with Gasteiger partial charge in [-0.3, -0.25) is 9.59 Å². The molecule has 0 saturated carbocycles. The molecule has 3 N–H and O–H groups in total. The fourth-order valence-corrected chi connectivity index (χ4v) is 3.13. The van der Waals surface area contributed by atoms with Crippen LogP contribution in [0, 0.1) is 0 Å². The van der Waals surface area contributed by atoms with Gasteiger partial charge in [-0.25, -0.2) is 8.42 Å². The first-order valence-electron chi connectivity index (χ1n) is 7.03. The highest BCUT2D eigenvalue weighted by molar-refractivity contribution is 7.89. The van der Waals surface area contributed by atoms with Gasteiger partial charge in [0, 0.05) is 12.1 Å². The van der Waals surface area contributed by atoms with Crippen LogP contribution in [0.3, 0.4) is 0 Å². The number of hydrogen-bond donors (Lipinski definition) is 3. The Labute approximate surface area is 139 Å². The highest BCUT2D eigenvalue weighted by atomic mass is 32.2. The van der Waals surface area contributed by atoms with Gasteiger partial charge in [-0.05, 0) is 24.3 Å². The number of rotatable bonds is 7. The molecule has 7 nitrogen and oxygen atoms in total. The minimum atomic E-state index is -4.00. The molecule has 1 amide bonds. The molecule has 8 heteroatoms. The Kier molecular flexibility index (Phi) is 5.67. The van der Waals surface area contributed by atoms with Gasteiger partial charge in [0.05, 0.1) is 4.90 Å². The van der Waals surface area contributed by atoms with Crippen LogP contribution in [-0.2, 0) is 14.8 Å². The molecule has 0 aliphatic heterocycles. The zero-order valence-corrected chi connectivity index (χ0v) is 13.4. The van der Waals surface area contributed by atoms with E-state index < -0.39 is 27.9 Å². The van der Waals surface area contributed by atoms with Crippen molar-refractivity contribution in [1.82, 2.24) is 10.0 Å². The van der Waals surface area contributed by atoms with Gasteiger partial charge in [0.15, 0.2) is 0 Å². The van der Waals surface area contributed by atoms with Crippen LogP contribution in [-0.4, -0.2) is 38.0 Å². The molecule has 2 aromatic carbocycles. The largest absolute Gasteiger partial charge is 0.480 e. The van der Waals surface area contributed by atoms with Gasteiger partial charge < -0.3 is 10.4 Å². The Bertz CT molecular complexity index is 807. The first kappa shape index (κ1) is 17.6. The van der Waals surface area contributed by atoms with Crippen LogP contribution in [0.2, 0.25) is 0 Å². The number of benzene rings is 2. The van der Waals surface area contributed by atoms with Gasteiger partial charge in [-0.2, -0.15) is 4.72 Å². The van der Waals surface area contributed by atoms with Crippen molar-refractivity contribution in [3.63, 3.8) is 0 Å². The average molecular weight is 348 g/mol. The third-order valence-electron chi connectivity index (χ3n) is 3.15. The molecule has 0 spiro atoms. The number of carboxylic acids is 1. The number of sulfonamides is 1. The van der Waals surface area contributed by atoms with E-state index in [1.165, 1.54) is 24.3 Å². The van der Waals surface area contributed by atoms with Crippen molar-refractivity contribution in [2.45, 2.75) is 10.9 Å². The minimum absolute atomic E-state index is 0.0503. The van der Waals surface area contributed by atoms with Gasteiger partial charge in [-0.1, -0.05) is 36.4 Å². The Morgan fingerprint density at radius 1 is 0.958 bits per heavy atom. The lowest BCUT2D eigenvalue weighted by Crippen LogP contribution is -2.48. The number of carbonyl (C=O) groups excluding carboxylic acids is 1. The number of aliphatic carboxylic acids is 1. The number of carboxylic acid groups (broad SMARTS) is 1. The highest BCUT2D eigenvalue weighted by Crippen LogP contribution is 2.08. The van der Waals surface area contributed by atoms with E-state index in [0.717, 1.165) is 0 Å². The molecule has 2 aromatic rings. The van der Waals surface area contributed by atoms with E-state index in [4.69, 9.17) is 0 Å². The van der Waals surface area contributed by atoms with Crippen LogP contribution in [0.4, 0.5) is 0 Å². The molecule has 0 radical (unpaired) electrons. The molecule has 24 heavy (non-hydrogen) atoms. The second-order valence-electron chi connectivity index (χ2n) is 4.90. The van der Waals surface area contributed by atoms with Crippen molar-refractivity contribution in [3.8, 4) is 0 Å². The Hall–Kier alpha value is -2.71. The summed E-state index contributed by atoms with van der Waals surface area (Å²) < 4.78 is 26.4. The normalized spacial score (nSPS) is 12.3. The van der Waals surface area contributed by atoms with Crippen LogP contribution in [0.25, 0.3) is 0 Å². The molecular formula is C16H16N2O5S. The predicted octanol–water partition coefficient (Wildman–Crippen LogP) is 0.848. The van der Waals surface area contributed by atoms with Crippen LogP contribution >= 0.6 is 0 Å². The second kappa shape index (κ2) is 7.71. The third-order valence-corrected chi connectivity index (χ3v) is 4.64. The van der Waals surface area contributed by atoms with E-state index in [1.54, 1.807) is 36.4 Å². The van der Waals surface area contributed by atoms with Gasteiger partial charge in [0.1, 0.15) is 6.04 Å². The number of nitrogens with one attached hydrogen (secondary N) is 2. The van der Waals surface area contributed by atoms with Crippen molar-refractivity contribution in [3.05, 3.63) is 66.2 Å². The smallest absolute Gasteiger partial charge is 0.323 e. The summed E-state index contributed by atoms with van der Waals surface area (Å²) in [4.78, 5) is 23.2. The fraction of sp³-hybridized carbons (Fsp3) is 0.125. The summed E-state index contributed by atoms with van der Waals surface area (Å²) in [6.07, 6.45) is 0. The van der Waals surface area contributed by atoms with Crippen LogP contribution < -0.4 is 10.0 Å². The maximum atomic E-state index is 12.2. The molecule has 0 bridgehead atoms. The van der Waals surface area contributed by atoms with E-state index in [0.29, 0.717) is 5.56 Å². The molecule has 2 rings (SSSR count). The minimum Gasteiger partial charge on any atom is -0.480 e. The molecule has 1 atom stereocenters. The maximum absolute atomic E-state index is 12.2. The van der Waals surface area contributed by atoms with Crippen molar-refractivity contribution >= 4 is 21.9 Å². The van der Waals surface area contributed by atoms with Crippen molar-refractivity contribution in [2.24, 2.45) is 0 Å². The molecule has 126 valence electrons. The van der Waals surface area contributed by atoms with Crippen LogP contribution in [0.5, 0.6) is 0 Å². The summed E-state index contributed by atoms with van der Waals surface area (Å²) >= 11 is 0. The third kappa shape index (κ3) is 4.64. The number of carbonyl (C=O) groups is 2.